The highest BCUT2D eigenvalue weighted by molar-refractivity contribution is 5.76. The van der Waals surface area contributed by atoms with Gasteiger partial charge in [-0.2, -0.15) is 0 Å². The summed E-state index contributed by atoms with van der Waals surface area (Å²) in [5, 5.41) is 0. The Labute approximate surface area is 158 Å². The summed E-state index contributed by atoms with van der Waals surface area (Å²) in [6.07, 6.45) is 7.79. The number of H-pyrrole nitrogens is 1. The van der Waals surface area contributed by atoms with Gasteiger partial charge in [0.2, 0.25) is 0 Å². The Morgan fingerprint density at radius 3 is 2.70 bits per heavy atom. The third kappa shape index (κ3) is 2.67. The first-order valence-corrected chi connectivity index (χ1v) is 9.95. The molecular formula is C20H26N6O. The van der Waals surface area contributed by atoms with Crippen LogP contribution in [0.15, 0.2) is 24.7 Å². The highest BCUT2D eigenvalue weighted by Crippen LogP contribution is 2.33. The molecule has 0 bridgehead atoms. The van der Waals surface area contributed by atoms with E-state index >= 15 is 0 Å². The van der Waals surface area contributed by atoms with Gasteiger partial charge in [0.25, 0.3) is 0 Å². The van der Waals surface area contributed by atoms with Gasteiger partial charge in [0.1, 0.15) is 5.82 Å². The van der Waals surface area contributed by atoms with Gasteiger partial charge in [-0.1, -0.05) is 13.8 Å². The van der Waals surface area contributed by atoms with E-state index in [-0.39, 0.29) is 11.9 Å². The van der Waals surface area contributed by atoms with E-state index in [1.54, 1.807) is 0 Å². The van der Waals surface area contributed by atoms with Crippen LogP contribution in [-0.4, -0.2) is 61.4 Å². The van der Waals surface area contributed by atoms with Crippen molar-refractivity contribution < 1.29 is 4.79 Å². The molecule has 0 saturated carbocycles. The predicted octanol–water partition coefficient (Wildman–Crippen LogP) is 3.10. The standard InChI is InChI=1S/C20H26N6O/c1-13-4-7-24(11-13)20(27)25-8-5-14(2)16(12-25)19-23-10-15-9-22-18-17(26(15)19)3-6-21-18/h3,6,9-10,13-14,16,21H,4-5,7-8,11-12H2,1-2H3/t13?,14-,16+/m1/s1. The average molecular weight is 366 g/mol. The molecule has 3 aromatic rings. The molecule has 2 fully saturated rings. The van der Waals surface area contributed by atoms with Gasteiger partial charge in [0, 0.05) is 38.3 Å². The molecule has 0 aromatic carbocycles. The molecular weight excluding hydrogens is 340 g/mol. The van der Waals surface area contributed by atoms with E-state index in [0.29, 0.717) is 11.8 Å². The van der Waals surface area contributed by atoms with Gasteiger partial charge in [0.05, 0.1) is 23.4 Å². The summed E-state index contributed by atoms with van der Waals surface area (Å²) in [4.78, 5) is 29.5. The Balaban J connectivity index is 1.48. The fourth-order valence-electron chi connectivity index (χ4n) is 4.65. The molecule has 7 nitrogen and oxygen atoms in total. The fourth-order valence-corrected chi connectivity index (χ4v) is 4.65. The number of fused-ring (bicyclic) bond motifs is 3. The van der Waals surface area contributed by atoms with E-state index in [1.807, 2.05) is 34.5 Å². The summed E-state index contributed by atoms with van der Waals surface area (Å²) in [5.74, 6) is 2.36. The lowest BCUT2D eigenvalue weighted by Crippen LogP contribution is -2.48. The molecule has 27 heavy (non-hydrogen) atoms. The van der Waals surface area contributed by atoms with Crippen molar-refractivity contribution in [1.82, 2.24) is 29.2 Å². The molecule has 2 aliphatic heterocycles. The van der Waals surface area contributed by atoms with Crippen LogP contribution in [0, 0.1) is 11.8 Å². The zero-order chi connectivity index (χ0) is 18.5. The lowest BCUT2D eigenvalue weighted by Gasteiger charge is -2.38. The second-order valence-electron chi connectivity index (χ2n) is 8.29. The third-order valence-corrected chi connectivity index (χ3v) is 6.34. The van der Waals surface area contributed by atoms with Gasteiger partial charge < -0.3 is 14.8 Å². The number of hydrogen-bond acceptors (Lipinski definition) is 3. The fraction of sp³-hybridized carbons (Fsp3) is 0.550. The third-order valence-electron chi connectivity index (χ3n) is 6.34. The monoisotopic (exact) mass is 366 g/mol. The molecule has 0 radical (unpaired) electrons. The molecule has 3 atom stereocenters. The quantitative estimate of drug-likeness (QED) is 0.719. The lowest BCUT2D eigenvalue weighted by atomic mass is 9.86. The number of amides is 2. The summed E-state index contributed by atoms with van der Waals surface area (Å²) >= 11 is 0. The number of rotatable bonds is 1. The summed E-state index contributed by atoms with van der Waals surface area (Å²) < 4.78 is 2.20. The Kier molecular flexibility index (Phi) is 3.84. The van der Waals surface area contributed by atoms with Crippen LogP contribution >= 0.6 is 0 Å². The minimum Gasteiger partial charge on any atom is -0.345 e. The number of urea groups is 1. The second kappa shape index (κ2) is 6.25. The maximum absolute atomic E-state index is 13.0. The molecule has 142 valence electrons. The topological polar surface area (TPSA) is 69.5 Å². The number of aromatic amines is 1. The number of nitrogens with zero attached hydrogens (tertiary/aromatic N) is 5. The first-order valence-electron chi connectivity index (χ1n) is 9.95. The molecule has 5 rings (SSSR count). The summed E-state index contributed by atoms with van der Waals surface area (Å²) in [6, 6.07) is 2.24. The van der Waals surface area contributed by atoms with Crippen molar-refractivity contribution in [3.8, 4) is 0 Å². The zero-order valence-electron chi connectivity index (χ0n) is 15.9. The van der Waals surface area contributed by atoms with Crippen molar-refractivity contribution in [2.45, 2.75) is 32.6 Å². The van der Waals surface area contributed by atoms with E-state index in [2.05, 4.69) is 28.2 Å². The summed E-state index contributed by atoms with van der Waals surface area (Å²) in [7, 11) is 0. The smallest absolute Gasteiger partial charge is 0.320 e. The van der Waals surface area contributed by atoms with Crippen LogP contribution in [0.2, 0.25) is 0 Å². The molecule has 2 saturated heterocycles. The average Bonchev–Trinajstić information content (AvgIpc) is 3.39. The van der Waals surface area contributed by atoms with Crippen molar-refractivity contribution in [2.75, 3.05) is 26.2 Å². The maximum atomic E-state index is 13.0. The largest absolute Gasteiger partial charge is 0.345 e. The molecule has 7 heteroatoms. The van der Waals surface area contributed by atoms with Crippen LogP contribution in [0.1, 0.15) is 38.4 Å². The zero-order valence-corrected chi connectivity index (χ0v) is 15.9. The van der Waals surface area contributed by atoms with Crippen LogP contribution in [-0.2, 0) is 0 Å². The number of nitrogens with one attached hydrogen (secondary N) is 1. The molecule has 0 aliphatic carbocycles. The van der Waals surface area contributed by atoms with Gasteiger partial charge >= 0.3 is 6.03 Å². The Morgan fingerprint density at radius 1 is 1.11 bits per heavy atom. The van der Waals surface area contributed by atoms with Gasteiger partial charge in [-0.25, -0.2) is 14.8 Å². The number of aromatic nitrogens is 4. The van der Waals surface area contributed by atoms with Crippen molar-refractivity contribution in [1.29, 1.82) is 0 Å². The van der Waals surface area contributed by atoms with Crippen molar-refractivity contribution in [2.24, 2.45) is 11.8 Å². The van der Waals surface area contributed by atoms with Crippen LogP contribution in [0.5, 0.6) is 0 Å². The second-order valence-corrected chi connectivity index (χ2v) is 8.29. The molecule has 5 heterocycles. The predicted molar refractivity (Wildman–Crippen MR) is 104 cm³/mol. The molecule has 0 spiro atoms. The number of likely N-dealkylation sites (tertiary alicyclic amines) is 2. The minimum atomic E-state index is 0.200. The maximum Gasteiger partial charge on any atom is 0.320 e. The van der Waals surface area contributed by atoms with Crippen LogP contribution in [0.25, 0.3) is 16.7 Å². The van der Waals surface area contributed by atoms with Crippen molar-refractivity contribution in [3.63, 3.8) is 0 Å². The molecule has 2 aliphatic rings. The molecule has 1 N–H and O–H groups in total. The van der Waals surface area contributed by atoms with Gasteiger partial charge in [-0.3, -0.25) is 4.40 Å². The SMILES string of the molecule is CC1CCN(C(=O)N2CC[C@@H](C)[C@@H](c3ncc4cnc5[nH]ccc5n34)C2)C1. The van der Waals surface area contributed by atoms with Crippen molar-refractivity contribution >= 4 is 22.7 Å². The minimum absolute atomic E-state index is 0.200. The van der Waals surface area contributed by atoms with Crippen LogP contribution in [0.3, 0.4) is 0 Å². The number of carbonyl (C=O) groups excluding carboxylic acids is 1. The Hall–Kier alpha value is -2.57. The van der Waals surface area contributed by atoms with Gasteiger partial charge in [-0.15, -0.1) is 0 Å². The number of imidazole rings is 1. The van der Waals surface area contributed by atoms with E-state index in [1.165, 1.54) is 0 Å². The molecule has 2 amide bonds. The van der Waals surface area contributed by atoms with E-state index < -0.39 is 0 Å². The Morgan fingerprint density at radius 2 is 1.89 bits per heavy atom. The van der Waals surface area contributed by atoms with Crippen molar-refractivity contribution in [3.05, 3.63) is 30.5 Å². The summed E-state index contributed by atoms with van der Waals surface area (Å²) in [5.41, 5.74) is 2.91. The first kappa shape index (κ1) is 16.6. The van der Waals surface area contributed by atoms with E-state index in [0.717, 1.165) is 61.5 Å². The highest BCUT2D eigenvalue weighted by atomic mass is 16.2. The number of carbonyl (C=O) groups is 1. The number of hydrogen-bond donors (Lipinski definition) is 1. The first-order chi connectivity index (χ1) is 13.1. The van der Waals surface area contributed by atoms with Gasteiger partial charge in [0.15, 0.2) is 5.65 Å². The Bertz CT molecular complexity index is 991. The molecule has 1 unspecified atom stereocenters. The number of piperidine rings is 1. The van der Waals surface area contributed by atoms with Gasteiger partial charge in [-0.05, 0) is 30.7 Å². The van der Waals surface area contributed by atoms with E-state index in [4.69, 9.17) is 4.98 Å². The molecule has 3 aromatic heterocycles. The highest BCUT2D eigenvalue weighted by Gasteiger charge is 2.35. The normalized spacial score (nSPS) is 26.4. The van der Waals surface area contributed by atoms with Crippen LogP contribution in [0.4, 0.5) is 4.79 Å². The lowest BCUT2D eigenvalue weighted by molar-refractivity contribution is 0.131. The van der Waals surface area contributed by atoms with E-state index in [9.17, 15) is 4.79 Å². The van der Waals surface area contributed by atoms with Crippen LogP contribution < -0.4 is 0 Å². The summed E-state index contributed by atoms with van der Waals surface area (Å²) in [6.45, 7) is 7.85.